The van der Waals surface area contributed by atoms with Gasteiger partial charge in [-0.1, -0.05) is 24.3 Å². The fourth-order valence-electron chi connectivity index (χ4n) is 9.67. The Hall–Kier alpha value is -4.97. The number of piperazine rings is 1. The Balaban J connectivity index is 0.849. The minimum atomic E-state index is -1.08. The molecule has 6 heterocycles. The van der Waals surface area contributed by atoms with Crippen molar-refractivity contribution in [2.75, 3.05) is 110 Å². The van der Waals surface area contributed by atoms with E-state index in [-0.39, 0.29) is 36.9 Å². The Labute approximate surface area is 356 Å². The van der Waals surface area contributed by atoms with Gasteiger partial charge in [0.25, 0.3) is 5.91 Å². The number of aromatic nitrogens is 1. The summed E-state index contributed by atoms with van der Waals surface area (Å²) < 4.78 is 24.0. The number of anilines is 1. The molecule has 0 spiro atoms. The minimum Gasteiger partial charge on any atom is -0.463 e. The molecule has 8 rings (SSSR count). The van der Waals surface area contributed by atoms with Gasteiger partial charge in [0, 0.05) is 110 Å². The lowest BCUT2D eigenvalue weighted by Gasteiger charge is -2.43. The lowest BCUT2D eigenvalue weighted by atomic mass is 9.99. The van der Waals surface area contributed by atoms with Crippen molar-refractivity contribution in [3.05, 3.63) is 63.6 Å². The van der Waals surface area contributed by atoms with Gasteiger partial charge < -0.3 is 38.6 Å². The van der Waals surface area contributed by atoms with E-state index in [0.29, 0.717) is 69.3 Å². The Morgan fingerprint density at radius 3 is 2.30 bits per heavy atom. The number of likely N-dealkylation sites (tertiary alicyclic amines) is 2. The molecule has 1 atom stereocenters. The average molecular weight is 845 g/mol. The molecule has 0 radical (unpaired) electrons. The van der Waals surface area contributed by atoms with Crippen LogP contribution in [0.25, 0.3) is 11.1 Å². The molecule has 3 aromatic rings. The number of ether oxygens (including phenoxy) is 3. The third kappa shape index (κ3) is 10.2. The quantitative estimate of drug-likeness (QED) is 0.282. The molecule has 61 heavy (non-hydrogen) atoms. The molecule has 5 aliphatic rings. The van der Waals surface area contributed by atoms with Crippen molar-refractivity contribution in [3.63, 3.8) is 0 Å². The summed E-state index contributed by atoms with van der Waals surface area (Å²) in [5, 5.41) is 3.05. The average Bonchev–Trinajstić information content (AvgIpc) is 3.45. The number of carbonyl (C=O) groups excluding carboxylic acids is 4. The number of hydrogen-bond acceptors (Lipinski definition) is 12. The maximum atomic E-state index is 14.4. The molecule has 4 amide bonds. The number of fused-ring (bicyclic) bond motifs is 2. The van der Waals surface area contributed by atoms with Gasteiger partial charge in [0.2, 0.25) is 0 Å². The van der Waals surface area contributed by atoms with Crippen LogP contribution >= 0.6 is 0 Å². The van der Waals surface area contributed by atoms with Gasteiger partial charge >= 0.3 is 23.8 Å². The zero-order valence-corrected chi connectivity index (χ0v) is 35.6. The molecule has 0 saturated carbocycles. The molecular formula is C44H60N8O9. The summed E-state index contributed by atoms with van der Waals surface area (Å²) in [6, 6.07) is 11.7. The maximum absolute atomic E-state index is 14.4. The van der Waals surface area contributed by atoms with Crippen LogP contribution in [-0.2, 0) is 43.7 Å². The van der Waals surface area contributed by atoms with E-state index in [0.717, 1.165) is 101 Å². The van der Waals surface area contributed by atoms with Gasteiger partial charge in [-0.2, -0.15) is 0 Å². The molecule has 5 aliphatic heterocycles. The van der Waals surface area contributed by atoms with Gasteiger partial charge in [-0.15, -0.1) is 0 Å². The highest BCUT2D eigenvalue weighted by Gasteiger charge is 2.37. The monoisotopic (exact) mass is 844 g/mol. The summed E-state index contributed by atoms with van der Waals surface area (Å²) in [5.74, 6) is -0.904. The first-order valence-corrected chi connectivity index (χ1v) is 22.0. The largest absolute Gasteiger partial charge is 0.463 e. The second-order valence-electron chi connectivity index (χ2n) is 17.1. The highest BCUT2D eigenvalue weighted by Crippen LogP contribution is 2.27. The molecule has 4 fully saturated rings. The maximum Gasteiger partial charge on any atom is 0.419 e. The first-order valence-electron chi connectivity index (χ1n) is 22.0. The van der Waals surface area contributed by atoms with Crippen molar-refractivity contribution in [2.24, 2.45) is 7.05 Å². The first kappa shape index (κ1) is 42.7. The standard InChI is InChI=1S/C44H60N8O9/c1-31-27-32(28-37-40(31)46(2)43(56)60-37)29-38(61-44(57)51-14-10-35(11-15-51)52-16-7-33-5-3-4-6-36(33)45-42(52)55)41(54)50-12-8-34(9-13-50)49-19-17-48(18-20-49)30-39(53)59-26-23-47-21-24-58-25-22-47/h3-6,27-28,34-35,38H,7-26,29-30H2,1-2H3,(H,45,55)/t38-/m1/s1. The number of nitrogens with zero attached hydrogens (tertiary/aromatic N) is 7. The van der Waals surface area contributed by atoms with Crippen LogP contribution in [-0.4, -0.2) is 181 Å². The van der Waals surface area contributed by atoms with Crippen LogP contribution in [0.1, 0.15) is 42.4 Å². The summed E-state index contributed by atoms with van der Waals surface area (Å²) in [6.45, 7) is 12.2. The molecule has 2 aromatic carbocycles. The predicted octanol–water partition coefficient (Wildman–Crippen LogP) is 2.53. The van der Waals surface area contributed by atoms with Gasteiger partial charge in [0.05, 0.1) is 25.3 Å². The van der Waals surface area contributed by atoms with E-state index in [2.05, 4.69) is 20.0 Å². The number of para-hydroxylation sites is 1. The van der Waals surface area contributed by atoms with Crippen molar-refractivity contribution < 1.29 is 37.8 Å². The van der Waals surface area contributed by atoms with Crippen molar-refractivity contribution in [2.45, 2.75) is 63.6 Å². The van der Waals surface area contributed by atoms with Gasteiger partial charge in [0.15, 0.2) is 11.7 Å². The molecule has 1 aromatic heterocycles. The Kier molecular flexibility index (Phi) is 13.6. The van der Waals surface area contributed by atoms with Gasteiger partial charge in [0.1, 0.15) is 6.61 Å². The first-order chi connectivity index (χ1) is 29.6. The van der Waals surface area contributed by atoms with E-state index in [9.17, 15) is 24.0 Å². The van der Waals surface area contributed by atoms with Crippen LogP contribution in [0, 0.1) is 6.92 Å². The molecule has 17 heteroatoms. The fraction of sp³-hybridized carbons (Fsp3) is 0.614. The molecule has 0 unspecified atom stereocenters. The zero-order valence-electron chi connectivity index (χ0n) is 35.6. The lowest BCUT2D eigenvalue weighted by Crippen LogP contribution is -2.55. The number of benzene rings is 2. The predicted molar refractivity (Wildman–Crippen MR) is 226 cm³/mol. The van der Waals surface area contributed by atoms with E-state index >= 15 is 0 Å². The molecule has 330 valence electrons. The topological polar surface area (TPSA) is 163 Å². The SMILES string of the molecule is Cc1cc(C[C@@H](OC(=O)N2CCC(N3CCc4ccccc4NC3=O)CC2)C(=O)N2CCC(N3CCN(CC(=O)OCCN4CCOCC4)CC3)CC2)cc2oc(=O)n(C)c12. The Bertz CT molecular complexity index is 2090. The summed E-state index contributed by atoms with van der Waals surface area (Å²) in [4.78, 5) is 78.5. The second kappa shape index (κ2) is 19.4. The number of rotatable bonds is 11. The van der Waals surface area contributed by atoms with E-state index in [4.69, 9.17) is 18.6 Å². The van der Waals surface area contributed by atoms with Gasteiger partial charge in [-0.3, -0.25) is 28.9 Å². The summed E-state index contributed by atoms with van der Waals surface area (Å²) in [5.41, 5.74) is 4.59. The van der Waals surface area contributed by atoms with Crippen LogP contribution in [0.3, 0.4) is 0 Å². The Morgan fingerprint density at radius 2 is 1.54 bits per heavy atom. The summed E-state index contributed by atoms with van der Waals surface area (Å²) >= 11 is 0. The third-order valence-corrected chi connectivity index (χ3v) is 13.2. The summed E-state index contributed by atoms with van der Waals surface area (Å²) in [6.07, 6.45) is 2.02. The van der Waals surface area contributed by atoms with E-state index < -0.39 is 18.0 Å². The third-order valence-electron chi connectivity index (χ3n) is 13.2. The number of amides is 4. The Morgan fingerprint density at radius 1 is 0.836 bits per heavy atom. The van der Waals surface area contributed by atoms with Gasteiger partial charge in [-0.05, 0) is 67.9 Å². The number of urea groups is 1. The van der Waals surface area contributed by atoms with Crippen molar-refractivity contribution >= 4 is 40.8 Å². The number of hydrogen-bond donors (Lipinski definition) is 1. The van der Waals surface area contributed by atoms with E-state index in [1.54, 1.807) is 18.0 Å². The number of oxazole rings is 1. The molecule has 4 saturated heterocycles. The van der Waals surface area contributed by atoms with Crippen LogP contribution in [0.15, 0.2) is 45.6 Å². The van der Waals surface area contributed by atoms with Crippen molar-refractivity contribution in [3.8, 4) is 0 Å². The summed E-state index contributed by atoms with van der Waals surface area (Å²) in [7, 11) is 1.66. The molecule has 1 N–H and O–H groups in total. The van der Waals surface area contributed by atoms with Gasteiger partial charge in [-0.25, -0.2) is 14.4 Å². The highest BCUT2D eigenvalue weighted by atomic mass is 16.6. The number of carbonyl (C=O) groups is 4. The highest BCUT2D eigenvalue weighted by molar-refractivity contribution is 5.91. The van der Waals surface area contributed by atoms with Crippen molar-refractivity contribution in [1.29, 1.82) is 0 Å². The molecule has 0 bridgehead atoms. The van der Waals surface area contributed by atoms with E-state index in [1.165, 1.54) is 4.57 Å². The number of morpholine rings is 1. The van der Waals surface area contributed by atoms with Crippen LogP contribution in [0.5, 0.6) is 0 Å². The molecule has 17 nitrogen and oxygen atoms in total. The smallest absolute Gasteiger partial charge is 0.419 e. The minimum absolute atomic E-state index is 0.0254. The number of esters is 1. The zero-order chi connectivity index (χ0) is 42.5. The fourth-order valence-corrected chi connectivity index (χ4v) is 9.67. The number of piperidine rings is 2. The number of nitrogens with one attached hydrogen (secondary N) is 1. The normalized spacial score (nSPS) is 20.9. The molecule has 0 aliphatic carbocycles. The van der Waals surface area contributed by atoms with E-state index in [1.807, 2.05) is 47.1 Å². The number of aryl methyl sites for hydroxylation is 2. The van der Waals surface area contributed by atoms with Crippen LogP contribution in [0.4, 0.5) is 15.3 Å². The van der Waals surface area contributed by atoms with Crippen LogP contribution in [0.2, 0.25) is 0 Å². The lowest BCUT2D eigenvalue weighted by molar-refractivity contribution is -0.146. The van der Waals surface area contributed by atoms with Crippen molar-refractivity contribution in [1.82, 2.24) is 34.0 Å². The molecular weight excluding hydrogens is 785 g/mol. The second-order valence-corrected chi connectivity index (χ2v) is 17.1. The van der Waals surface area contributed by atoms with Crippen LogP contribution < -0.4 is 11.1 Å².